The largest absolute Gasteiger partial charge is 0.466 e. The number of aromatic nitrogens is 1. The van der Waals surface area contributed by atoms with E-state index in [1.54, 1.807) is 0 Å². The molecule has 0 saturated carbocycles. The highest BCUT2D eigenvalue weighted by Crippen LogP contribution is 2.25. The lowest BCUT2D eigenvalue weighted by Crippen LogP contribution is -2.40. The second-order valence-electron chi connectivity index (χ2n) is 4.58. The number of carbonyl (C=O) groups excluding carboxylic acids is 1. The Morgan fingerprint density at radius 2 is 1.56 bits per heavy atom. The van der Waals surface area contributed by atoms with Crippen LogP contribution in [-0.2, 0) is 9.36 Å². The van der Waals surface area contributed by atoms with Crippen molar-refractivity contribution in [3.05, 3.63) is 42.6 Å². The molecule has 3 unspecified atom stereocenters. The molecular weight excluding hydrogens is 357 g/mol. The van der Waals surface area contributed by atoms with Crippen molar-refractivity contribution in [2.24, 2.45) is 0 Å². The van der Waals surface area contributed by atoms with E-state index in [1.165, 1.54) is 5.39 Å². The minimum atomic E-state index is -4.64. The van der Waals surface area contributed by atoms with Gasteiger partial charge in [-0.1, -0.05) is 24.3 Å². The van der Waals surface area contributed by atoms with Gasteiger partial charge in [-0.05, 0) is 12.1 Å². The molecule has 0 aliphatic rings. The van der Waals surface area contributed by atoms with Crippen molar-refractivity contribution in [2.45, 2.75) is 18.3 Å². The highest BCUT2D eigenvalue weighted by Gasteiger charge is 2.22. The van der Waals surface area contributed by atoms with Gasteiger partial charge in [-0.3, -0.25) is 4.98 Å². The van der Waals surface area contributed by atoms with E-state index in [-0.39, 0.29) is 6.29 Å². The number of nitrogens with zero attached hydrogens (tertiary/aromatic N) is 1. The molecule has 0 aliphatic carbocycles. The molecule has 0 fully saturated rings. The molecule has 11 heteroatoms. The Labute approximate surface area is 142 Å². The van der Waals surface area contributed by atoms with Crippen LogP contribution < -0.4 is 0 Å². The van der Waals surface area contributed by atoms with E-state index in [0.717, 1.165) is 5.52 Å². The summed E-state index contributed by atoms with van der Waals surface area (Å²) in [7, 11) is -4.64. The number of aliphatic hydroxyl groups excluding tert-OH is 4. The fraction of sp³-hybridized carbons (Fsp3) is 0.286. The second kappa shape index (κ2) is 11.7. The Kier molecular flexibility index (Phi) is 10.9. The van der Waals surface area contributed by atoms with Gasteiger partial charge in [-0.15, -0.1) is 0 Å². The van der Waals surface area contributed by atoms with E-state index in [4.69, 9.17) is 39.7 Å². The van der Waals surface area contributed by atoms with Crippen LogP contribution >= 0.6 is 7.82 Å². The van der Waals surface area contributed by atoms with Gasteiger partial charge in [0.05, 0.1) is 12.1 Å². The Morgan fingerprint density at radius 1 is 1.04 bits per heavy atom. The van der Waals surface area contributed by atoms with Gasteiger partial charge in [-0.2, -0.15) is 0 Å². The van der Waals surface area contributed by atoms with Gasteiger partial charge in [0.25, 0.3) is 0 Å². The number of benzene rings is 1. The Balaban J connectivity index is 0.000000368. The van der Waals surface area contributed by atoms with Crippen LogP contribution in [0.15, 0.2) is 42.6 Å². The summed E-state index contributed by atoms with van der Waals surface area (Å²) in [6.45, 7) is -0.688. The molecule has 7 N–H and O–H groups in total. The molecule has 2 aromatic rings. The predicted molar refractivity (Wildman–Crippen MR) is 87.2 cm³/mol. The third kappa shape index (κ3) is 11.4. The van der Waals surface area contributed by atoms with Crippen molar-refractivity contribution >= 4 is 25.0 Å². The van der Waals surface area contributed by atoms with Crippen LogP contribution in [0.4, 0.5) is 0 Å². The highest BCUT2D eigenvalue weighted by molar-refractivity contribution is 7.45. The van der Waals surface area contributed by atoms with Crippen molar-refractivity contribution in [1.29, 1.82) is 0 Å². The first-order valence-corrected chi connectivity index (χ1v) is 8.35. The van der Waals surface area contributed by atoms with E-state index in [9.17, 15) is 4.79 Å². The Bertz CT molecular complexity index is 604. The van der Waals surface area contributed by atoms with Crippen LogP contribution in [0.25, 0.3) is 10.9 Å². The van der Waals surface area contributed by atoms with Crippen LogP contribution in [0.5, 0.6) is 0 Å². The molecule has 10 nitrogen and oxygen atoms in total. The SMILES string of the molecule is O=CC(O)C(O)C(O)CO.O=P(O)(O)O.c1ccc2ncccc2c1. The standard InChI is InChI=1S/C9H7N.C5H10O5.H3O4P/c1-2-6-9-8(4-1)5-3-7-10-9;6-1-3(8)5(10)4(9)2-7;1-5(2,3)4/h1-7H;1,3-5,7-10H,2H2;(H3,1,2,3,4). The molecule has 1 aromatic heterocycles. The summed E-state index contributed by atoms with van der Waals surface area (Å²) in [5.41, 5.74) is 1.06. The molecule has 0 radical (unpaired) electrons. The summed E-state index contributed by atoms with van der Waals surface area (Å²) in [6.07, 6.45) is -2.82. The van der Waals surface area contributed by atoms with Gasteiger partial charge in [0, 0.05) is 11.6 Å². The molecule has 0 amide bonds. The summed E-state index contributed by atoms with van der Waals surface area (Å²) in [5.74, 6) is 0. The quantitative estimate of drug-likeness (QED) is 0.246. The first kappa shape index (κ1) is 23.2. The number of aliphatic hydroxyl groups is 4. The zero-order valence-electron chi connectivity index (χ0n) is 12.9. The van der Waals surface area contributed by atoms with Crippen molar-refractivity contribution < 1.29 is 44.5 Å². The summed E-state index contributed by atoms with van der Waals surface area (Å²) >= 11 is 0. The fourth-order valence-electron chi connectivity index (χ4n) is 1.43. The Morgan fingerprint density at radius 3 is 2.04 bits per heavy atom. The van der Waals surface area contributed by atoms with Crippen LogP contribution in [-0.4, -0.2) is 71.3 Å². The van der Waals surface area contributed by atoms with Crippen molar-refractivity contribution in [2.75, 3.05) is 6.61 Å². The third-order valence-corrected chi connectivity index (χ3v) is 2.58. The van der Waals surface area contributed by atoms with Gasteiger partial charge in [0.1, 0.15) is 18.3 Å². The molecule has 0 aliphatic heterocycles. The fourth-order valence-corrected chi connectivity index (χ4v) is 1.43. The monoisotopic (exact) mass is 377 g/mol. The van der Waals surface area contributed by atoms with Crippen LogP contribution in [0.3, 0.4) is 0 Å². The normalized spacial score (nSPS) is 14.2. The summed E-state index contributed by atoms with van der Waals surface area (Å²) in [5, 5.41) is 35.3. The number of carbonyl (C=O) groups is 1. The number of rotatable bonds is 4. The molecule has 0 bridgehead atoms. The molecular formula is C14H20NO9P. The van der Waals surface area contributed by atoms with Gasteiger partial charge in [-0.25, -0.2) is 4.57 Å². The summed E-state index contributed by atoms with van der Waals surface area (Å²) in [4.78, 5) is 35.5. The number of phosphoric acid groups is 1. The third-order valence-electron chi connectivity index (χ3n) is 2.58. The molecule has 1 aromatic carbocycles. The molecule has 140 valence electrons. The summed E-state index contributed by atoms with van der Waals surface area (Å²) in [6, 6.07) is 12.1. The van der Waals surface area contributed by atoms with E-state index in [0.29, 0.717) is 0 Å². The lowest BCUT2D eigenvalue weighted by molar-refractivity contribution is -0.127. The zero-order chi connectivity index (χ0) is 19.5. The smallest absolute Gasteiger partial charge is 0.394 e. The predicted octanol–water partition coefficient (Wildman–Crippen LogP) is -1.43. The second-order valence-corrected chi connectivity index (χ2v) is 5.60. The average molecular weight is 377 g/mol. The van der Waals surface area contributed by atoms with Gasteiger partial charge in [0.15, 0.2) is 6.29 Å². The molecule has 0 saturated heterocycles. The van der Waals surface area contributed by atoms with Gasteiger partial charge in [0.2, 0.25) is 0 Å². The van der Waals surface area contributed by atoms with E-state index >= 15 is 0 Å². The number of hydrogen-bond donors (Lipinski definition) is 7. The van der Waals surface area contributed by atoms with Crippen LogP contribution in [0.1, 0.15) is 0 Å². The number of para-hydroxylation sites is 1. The maximum absolute atomic E-state index is 9.76. The first-order chi connectivity index (χ1) is 11.6. The van der Waals surface area contributed by atoms with Crippen molar-refractivity contribution in [3.8, 4) is 0 Å². The molecule has 0 spiro atoms. The maximum Gasteiger partial charge on any atom is 0.466 e. The molecule has 1 heterocycles. The van der Waals surface area contributed by atoms with Crippen LogP contribution in [0.2, 0.25) is 0 Å². The van der Waals surface area contributed by atoms with Gasteiger partial charge >= 0.3 is 7.82 Å². The van der Waals surface area contributed by atoms with E-state index in [1.807, 2.05) is 30.5 Å². The number of hydrogen-bond acceptors (Lipinski definition) is 7. The average Bonchev–Trinajstić information content (AvgIpc) is 2.59. The van der Waals surface area contributed by atoms with Gasteiger partial charge < -0.3 is 39.9 Å². The lowest BCUT2D eigenvalue weighted by Gasteiger charge is -2.16. The molecule has 2 rings (SSSR count). The molecule has 3 atom stereocenters. The minimum Gasteiger partial charge on any atom is -0.394 e. The van der Waals surface area contributed by atoms with E-state index in [2.05, 4.69) is 17.1 Å². The first-order valence-electron chi connectivity index (χ1n) is 6.78. The maximum atomic E-state index is 9.76. The lowest BCUT2D eigenvalue weighted by atomic mass is 10.1. The number of pyridine rings is 1. The highest BCUT2D eigenvalue weighted by atomic mass is 31.2. The number of aldehydes is 1. The van der Waals surface area contributed by atoms with Crippen molar-refractivity contribution in [1.82, 2.24) is 4.98 Å². The minimum absolute atomic E-state index is 0.0869. The van der Waals surface area contributed by atoms with Crippen LogP contribution in [0, 0.1) is 0 Å². The molecule has 25 heavy (non-hydrogen) atoms. The Hall–Kier alpha value is -1.75. The topological polar surface area (TPSA) is 189 Å². The number of fused-ring (bicyclic) bond motifs is 1. The van der Waals surface area contributed by atoms with E-state index < -0.39 is 32.7 Å². The van der Waals surface area contributed by atoms with Crippen molar-refractivity contribution in [3.63, 3.8) is 0 Å². The summed E-state index contributed by atoms with van der Waals surface area (Å²) < 4.78 is 8.88. The zero-order valence-corrected chi connectivity index (χ0v) is 13.8.